The van der Waals surface area contributed by atoms with E-state index in [1.807, 2.05) is 20.8 Å². The van der Waals surface area contributed by atoms with Crippen molar-refractivity contribution >= 4 is 5.82 Å². The standard InChI is InChI=1S/C15H25N3O3/c1-14(2,3)18-8-7-16-12(13(18)19)17(4)11-15(20)5-9-21-10-6-15/h7-8,20H,5-6,9-11H2,1-4H3. The molecule has 6 heteroatoms. The summed E-state index contributed by atoms with van der Waals surface area (Å²) >= 11 is 0. The molecule has 0 bridgehead atoms. The fourth-order valence-electron chi connectivity index (χ4n) is 2.62. The first-order chi connectivity index (χ1) is 9.73. The smallest absolute Gasteiger partial charge is 0.293 e. The van der Waals surface area contributed by atoms with Crippen molar-refractivity contribution < 1.29 is 9.84 Å². The van der Waals surface area contributed by atoms with Gasteiger partial charge in [0.05, 0.1) is 5.60 Å². The predicted octanol–water partition coefficient (Wildman–Crippen LogP) is 0.976. The first-order valence-corrected chi connectivity index (χ1v) is 7.32. The van der Waals surface area contributed by atoms with Crippen LogP contribution < -0.4 is 10.5 Å². The first kappa shape index (κ1) is 16.0. The van der Waals surface area contributed by atoms with E-state index in [9.17, 15) is 9.90 Å². The van der Waals surface area contributed by atoms with Gasteiger partial charge >= 0.3 is 0 Å². The van der Waals surface area contributed by atoms with Gasteiger partial charge in [0.25, 0.3) is 5.56 Å². The highest BCUT2D eigenvalue weighted by molar-refractivity contribution is 5.35. The van der Waals surface area contributed by atoms with Crippen molar-refractivity contribution in [2.45, 2.75) is 44.8 Å². The number of hydrogen-bond donors (Lipinski definition) is 1. The lowest BCUT2D eigenvalue weighted by atomic mass is 9.94. The third-order valence-corrected chi connectivity index (χ3v) is 3.86. The summed E-state index contributed by atoms with van der Waals surface area (Å²) in [5.74, 6) is 0.368. The minimum atomic E-state index is -0.816. The van der Waals surface area contributed by atoms with Crippen LogP contribution in [0.25, 0.3) is 0 Å². The van der Waals surface area contributed by atoms with Crippen molar-refractivity contribution in [3.8, 4) is 0 Å². The Morgan fingerprint density at radius 1 is 1.43 bits per heavy atom. The van der Waals surface area contributed by atoms with E-state index < -0.39 is 5.60 Å². The molecule has 21 heavy (non-hydrogen) atoms. The molecule has 0 spiro atoms. The summed E-state index contributed by atoms with van der Waals surface area (Å²) < 4.78 is 6.95. The number of aliphatic hydroxyl groups is 1. The fourth-order valence-corrected chi connectivity index (χ4v) is 2.62. The first-order valence-electron chi connectivity index (χ1n) is 7.32. The lowest BCUT2D eigenvalue weighted by Crippen LogP contribution is -2.48. The van der Waals surface area contributed by atoms with Crippen LogP contribution >= 0.6 is 0 Å². The summed E-state index contributed by atoms with van der Waals surface area (Å²) in [6.45, 7) is 7.42. The van der Waals surface area contributed by atoms with Crippen molar-refractivity contribution in [3.63, 3.8) is 0 Å². The largest absolute Gasteiger partial charge is 0.388 e. The van der Waals surface area contributed by atoms with Crippen molar-refractivity contribution in [2.24, 2.45) is 0 Å². The Morgan fingerprint density at radius 3 is 2.62 bits per heavy atom. The third kappa shape index (κ3) is 3.63. The number of ether oxygens (including phenoxy) is 1. The molecule has 0 aliphatic carbocycles. The zero-order chi connectivity index (χ0) is 15.7. The summed E-state index contributed by atoms with van der Waals surface area (Å²) in [5.41, 5.74) is -1.25. The van der Waals surface area contributed by atoms with Crippen LogP contribution in [0, 0.1) is 0 Å². The van der Waals surface area contributed by atoms with Crippen LogP contribution in [-0.4, -0.2) is 47.1 Å². The van der Waals surface area contributed by atoms with Crippen LogP contribution in [0.1, 0.15) is 33.6 Å². The van der Waals surface area contributed by atoms with Crippen molar-refractivity contribution in [2.75, 3.05) is 31.7 Å². The molecule has 0 unspecified atom stereocenters. The highest BCUT2D eigenvalue weighted by Gasteiger charge is 2.32. The van der Waals surface area contributed by atoms with Gasteiger partial charge in [-0.1, -0.05) is 0 Å². The van der Waals surface area contributed by atoms with Crippen LogP contribution in [0.15, 0.2) is 17.2 Å². The van der Waals surface area contributed by atoms with Gasteiger partial charge in [0.15, 0.2) is 5.82 Å². The zero-order valence-electron chi connectivity index (χ0n) is 13.3. The number of rotatable bonds is 3. The van der Waals surface area contributed by atoms with E-state index in [2.05, 4.69) is 4.98 Å². The Hall–Kier alpha value is -1.40. The second-order valence-corrected chi connectivity index (χ2v) is 6.79. The van der Waals surface area contributed by atoms with Crippen LogP contribution in [0.2, 0.25) is 0 Å². The van der Waals surface area contributed by atoms with E-state index in [0.717, 1.165) is 0 Å². The molecule has 2 rings (SSSR count). The Morgan fingerprint density at radius 2 is 2.05 bits per heavy atom. The molecule has 0 radical (unpaired) electrons. The van der Waals surface area contributed by atoms with Crippen molar-refractivity contribution in [1.82, 2.24) is 9.55 Å². The minimum absolute atomic E-state index is 0.136. The molecule has 1 aliphatic heterocycles. The van der Waals surface area contributed by atoms with Gasteiger partial charge in [0.1, 0.15) is 0 Å². The van der Waals surface area contributed by atoms with Gasteiger partial charge < -0.3 is 19.3 Å². The topological polar surface area (TPSA) is 67.6 Å². The summed E-state index contributed by atoms with van der Waals surface area (Å²) in [6.07, 6.45) is 4.49. The predicted molar refractivity (Wildman–Crippen MR) is 81.8 cm³/mol. The normalized spacial score (nSPS) is 18.5. The Labute approximate surface area is 125 Å². The van der Waals surface area contributed by atoms with Crippen molar-refractivity contribution in [1.29, 1.82) is 0 Å². The Kier molecular flexibility index (Phi) is 4.39. The van der Waals surface area contributed by atoms with E-state index in [-0.39, 0.29) is 11.1 Å². The molecule has 0 aromatic carbocycles. The van der Waals surface area contributed by atoms with Gasteiger partial charge in [-0.2, -0.15) is 0 Å². The molecule has 1 aromatic heterocycles. The number of likely N-dealkylation sites (N-methyl/N-ethyl adjacent to an activating group) is 1. The molecule has 1 saturated heterocycles. The highest BCUT2D eigenvalue weighted by atomic mass is 16.5. The molecule has 0 saturated carbocycles. The molecule has 118 valence electrons. The highest BCUT2D eigenvalue weighted by Crippen LogP contribution is 2.22. The minimum Gasteiger partial charge on any atom is -0.388 e. The molecule has 1 N–H and O–H groups in total. The second kappa shape index (κ2) is 5.77. The van der Waals surface area contributed by atoms with Crippen LogP contribution in [-0.2, 0) is 10.3 Å². The Balaban J connectivity index is 2.24. The van der Waals surface area contributed by atoms with Gasteiger partial charge in [-0.15, -0.1) is 0 Å². The maximum atomic E-state index is 12.6. The second-order valence-electron chi connectivity index (χ2n) is 6.79. The number of hydrogen-bond acceptors (Lipinski definition) is 5. The lowest BCUT2D eigenvalue weighted by Gasteiger charge is -2.35. The van der Waals surface area contributed by atoms with Gasteiger partial charge in [0, 0.05) is 57.6 Å². The SMILES string of the molecule is CN(CC1(O)CCOCC1)c1nccn(C(C)(C)C)c1=O. The summed E-state index contributed by atoms with van der Waals surface area (Å²) in [6, 6.07) is 0. The average Bonchev–Trinajstić information content (AvgIpc) is 2.37. The number of nitrogens with zero attached hydrogens (tertiary/aromatic N) is 3. The molecule has 2 heterocycles. The molecule has 0 amide bonds. The van der Waals surface area contributed by atoms with E-state index in [1.165, 1.54) is 0 Å². The van der Waals surface area contributed by atoms with E-state index in [1.54, 1.807) is 28.9 Å². The lowest BCUT2D eigenvalue weighted by molar-refractivity contribution is -0.0573. The monoisotopic (exact) mass is 295 g/mol. The quantitative estimate of drug-likeness (QED) is 0.900. The molecule has 1 aromatic rings. The fraction of sp³-hybridized carbons (Fsp3) is 0.733. The van der Waals surface area contributed by atoms with Crippen LogP contribution in [0.5, 0.6) is 0 Å². The number of anilines is 1. The maximum absolute atomic E-state index is 12.6. The maximum Gasteiger partial charge on any atom is 0.293 e. The Bertz CT molecular complexity index is 542. The molecule has 0 atom stereocenters. The zero-order valence-corrected chi connectivity index (χ0v) is 13.3. The number of aromatic nitrogens is 2. The van der Waals surface area contributed by atoms with Gasteiger partial charge in [-0.25, -0.2) is 4.98 Å². The van der Waals surface area contributed by atoms with E-state index >= 15 is 0 Å². The molecule has 6 nitrogen and oxygen atoms in total. The van der Waals surface area contributed by atoms with Crippen molar-refractivity contribution in [3.05, 3.63) is 22.7 Å². The summed E-state index contributed by atoms with van der Waals surface area (Å²) in [4.78, 5) is 18.5. The molecule has 1 aliphatic rings. The third-order valence-electron chi connectivity index (χ3n) is 3.86. The van der Waals surface area contributed by atoms with Gasteiger partial charge in [-0.3, -0.25) is 4.79 Å². The van der Waals surface area contributed by atoms with E-state index in [4.69, 9.17) is 4.74 Å². The van der Waals surface area contributed by atoms with Gasteiger partial charge in [-0.05, 0) is 20.8 Å². The van der Waals surface area contributed by atoms with Crippen LogP contribution in [0.3, 0.4) is 0 Å². The van der Waals surface area contributed by atoms with E-state index in [0.29, 0.717) is 38.4 Å². The molecule has 1 fully saturated rings. The summed E-state index contributed by atoms with van der Waals surface area (Å²) in [7, 11) is 1.80. The van der Waals surface area contributed by atoms with Gasteiger partial charge in [0.2, 0.25) is 0 Å². The average molecular weight is 295 g/mol. The van der Waals surface area contributed by atoms with Crippen LogP contribution in [0.4, 0.5) is 5.82 Å². The molecular weight excluding hydrogens is 270 g/mol. The summed E-state index contributed by atoms with van der Waals surface area (Å²) in [5, 5.41) is 10.6. The molecular formula is C15H25N3O3.